The van der Waals surface area contributed by atoms with Gasteiger partial charge in [-0.15, -0.1) is 0 Å². The van der Waals surface area contributed by atoms with Gasteiger partial charge in [0, 0.05) is 0 Å². The average molecular weight is 266 g/mol. The molecule has 0 saturated carbocycles. The third-order valence-electron chi connectivity index (χ3n) is 2.28. The van der Waals surface area contributed by atoms with Crippen molar-refractivity contribution in [2.75, 3.05) is 6.67 Å². The van der Waals surface area contributed by atoms with E-state index in [1.807, 2.05) is 0 Å². The highest BCUT2D eigenvalue weighted by Gasteiger charge is 2.38. The summed E-state index contributed by atoms with van der Waals surface area (Å²) in [6, 6.07) is 0. The van der Waals surface area contributed by atoms with Crippen LogP contribution < -0.4 is 0 Å². The molecule has 0 heterocycles. The molecule has 0 nitrogen and oxygen atoms in total. The van der Waals surface area contributed by atoms with Crippen LogP contribution >= 0.6 is 0 Å². The predicted molar refractivity (Wildman–Crippen MR) is 49.1 cm³/mol. The third-order valence-corrected chi connectivity index (χ3v) is 2.28. The van der Waals surface area contributed by atoms with Crippen LogP contribution in [0.2, 0.25) is 0 Å². The first-order valence-corrected chi connectivity index (χ1v) is 4.95. The highest BCUT2D eigenvalue weighted by atomic mass is 19.4. The second kappa shape index (κ2) is 6.26. The van der Waals surface area contributed by atoms with Gasteiger partial charge in [-0.05, 0) is 12.8 Å². The second-order valence-electron chi connectivity index (χ2n) is 3.75. The van der Waals surface area contributed by atoms with Crippen LogP contribution in [0.3, 0.4) is 0 Å². The van der Waals surface area contributed by atoms with Gasteiger partial charge in [-0.1, -0.05) is 19.1 Å². The Morgan fingerprint density at radius 2 is 1.53 bits per heavy atom. The molecule has 0 aromatic heterocycles. The highest BCUT2D eigenvalue weighted by molar-refractivity contribution is 4.92. The fraction of sp³-hybridized carbons (Fsp3) is 0.800. The molecule has 0 aliphatic rings. The molecule has 0 saturated heterocycles. The van der Waals surface area contributed by atoms with Crippen molar-refractivity contribution in [3.8, 4) is 0 Å². The van der Waals surface area contributed by atoms with E-state index in [2.05, 4.69) is 0 Å². The largest absolute Gasteiger partial charge is 0.397 e. The summed E-state index contributed by atoms with van der Waals surface area (Å²) in [4.78, 5) is 0. The van der Waals surface area contributed by atoms with E-state index < -0.39 is 30.9 Å². The van der Waals surface area contributed by atoms with E-state index >= 15 is 0 Å². The predicted octanol–water partition coefficient (Wildman–Crippen LogP) is 4.67. The van der Waals surface area contributed by atoms with Crippen molar-refractivity contribution < 1.29 is 30.7 Å². The van der Waals surface area contributed by atoms with Crippen LogP contribution in [-0.4, -0.2) is 19.0 Å². The number of halogens is 7. The van der Waals surface area contributed by atoms with Gasteiger partial charge in [-0.25, -0.2) is 0 Å². The lowest BCUT2D eigenvalue weighted by Gasteiger charge is -2.15. The van der Waals surface area contributed by atoms with Gasteiger partial charge in [0.2, 0.25) is 0 Å². The summed E-state index contributed by atoms with van der Waals surface area (Å²) in [6.45, 7) is -0.654. The van der Waals surface area contributed by atoms with Crippen LogP contribution in [0.25, 0.3) is 0 Å². The molecule has 2 unspecified atom stereocenters. The summed E-state index contributed by atoms with van der Waals surface area (Å²) in [5, 5.41) is 0. The van der Waals surface area contributed by atoms with Crippen molar-refractivity contribution in [1.82, 2.24) is 0 Å². The molecule has 7 heteroatoms. The van der Waals surface area contributed by atoms with Gasteiger partial charge < -0.3 is 0 Å². The molecule has 0 rings (SSSR count). The number of allylic oxidation sites excluding steroid dienone is 2. The van der Waals surface area contributed by atoms with Crippen molar-refractivity contribution in [2.24, 2.45) is 11.8 Å². The zero-order chi connectivity index (χ0) is 13.7. The van der Waals surface area contributed by atoms with Crippen LogP contribution in [0.1, 0.15) is 19.8 Å². The maximum absolute atomic E-state index is 12.0. The molecule has 0 aromatic rings. The average Bonchev–Trinajstić information content (AvgIpc) is 2.13. The zero-order valence-corrected chi connectivity index (χ0v) is 9.08. The van der Waals surface area contributed by atoms with Crippen molar-refractivity contribution in [2.45, 2.75) is 32.1 Å². The molecule has 0 bridgehead atoms. The summed E-state index contributed by atoms with van der Waals surface area (Å²) in [6.07, 6.45) is -7.99. The Morgan fingerprint density at radius 1 is 1.00 bits per heavy atom. The minimum Gasteiger partial charge on any atom is -0.250 e. The van der Waals surface area contributed by atoms with E-state index in [1.54, 1.807) is 0 Å². The van der Waals surface area contributed by atoms with Gasteiger partial charge in [0.15, 0.2) is 0 Å². The number of alkyl halides is 7. The van der Waals surface area contributed by atoms with E-state index in [-0.39, 0.29) is 12.8 Å². The molecule has 0 aliphatic heterocycles. The monoisotopic (exact) mass is 266 g/mol. The first-order valence-electron chi connectivity index (χ1n) is 4.95. The number of hydrogen-bond donors (Lipinski definition) is 0. The third kappa shape index (κ3) is 6.53. The maximum atomic E-state index is 12.0. The Labute approximate surface area is 94.5 Å². The zero-order valence-electron chi connectivity index (χ0n) is 9.08. The van der Waals surface area contributed by atoms with Crippen LogP contribution in [0, 0.1) is 11.8 Å². The number of rotatable bonds is 5. The summed E-state index contributed by atoms with van der Waals surface area (Å²) in [5.74, 6) is -3.81. The van der Waals surface area contributed by atoms with Gasteiger partial charge in [0.05, 0.1) is 5.92 Å². The van der Waals surface area contributed by atoms with Gasteiger partial charge in [0.1, 0.15) is 12.6 Å². The molecule has 0 N–H and O–H groups in total. The first-order chi connectivity index (χ1) is 7.59. The molecule has 0 amide bonds. The number of hydrogen-bond acceptors (Lipinski definition) is 0. The summed E-state index contributed by atoms with van der Waals surface area (Å²) in [5.41, 5.74) is 0. The fourth-order valence-corrected chi connectivity index (χ4v) is 1.02. The lowest BCUT2D eigenvalue weighted by Crippen LogP contribution is -2.22. The van der Waals surface area contributed by atoms with E-state index in [1.165, 1.54) is 0 Å². The Morgan fingerprint density at radius 3 is 1.88 bits per heavy atom. The first kappa shape index (κ1) is 16.2. The van der Waals surface area contributed by atoms with Crippen molar-refractivity contribution in [1.29, 1.82) is 0 Å². The van der Waals surface area contributed by atoms with Gasteiger partial charge in [-0.2, -0.15) is 26.3 Å². The Balaban J connectivity index is 4.12. The standard InChI is InChI=1S/C10H13F7/c1-7(9(12,13)14)4-2-3-5-8(6-11)10(15,16)17/h3,5,7-8H,2,4,6H2,1H3. The van der Waals surface area contributed by atoms with Crippen LogP contribution in [-0.2, 0) is 0 Å². The Bertz CT molecular complexity index is 238. The van der Waals surface area contributed by atoms with Crippen molar-refractivity contribution >= 4 is 0 Å². The molecule has 0 fully saturated rings. The molecular formula is C10H13F7. The molecule has 0 radical (unpaired) electrons. The smallest absolute Gasteiger partial charge is 0.250 e. The van der Waals surface area contributed by atoms with E-state index in [0.717, 1.165) is 13.0 Å². The topological polar surface area (TPSA) is 0 Å². The van der Waals surface area contributed by atoms with Gasteiger partial charge in [-0.3, -0.25) is 4.39 Å². The Kier molecular flexibility index (Phi) is 5.98. The van der Waals surface area contributed by atoms with Crippen LogP contribution in [0.5, 0.6) is 0 Å². The summed E-state index contributed by atoms with van der Waals surface area (Å²) in [7, 11) is 0. The lowest BCUT2D eigenvalue weighted by molar-refractivity contribution is -0.171. The van der Waals surface area contributed by atoms with Crippen molar-refractivity contribution in [3.05, 3.63) is 12.2 Å². The van der Waals surface area contributed by atoms with Gasteiger partial charge >= 0.3 is 12.4 Å². The van der Waals surface area contributed by atoms with E-state index in [9.17, 15) is 30.7 Å². The van der Waals surface area contributed by atoms with Gasteiger partial charge in [0.25, 0.3) is 0 Å². The maximum Gasteiger partial charge on any atom is 0.397 e. The van der Waals surface area contributed by atoms with E-state index in [4.69, 9.17) is 0 Å². The summed E-state index contributed by atoms with van der Waals surface area (Å²) < 4.78 is 84.1. The molecule has 0 aliphatic carbocycles. The second-order valence-corrected chi connectivity index (χ2v) is 3.75. The Hall–Kier alpha value is -0.750. The molecular weight excluding hydrogens is 253 g/mol. The minimum absolute atomic E-state index is 0.159. The molecule has 0 aromatic carbocycles. The van der Waals surface area contributed by atoms with E-state index in [0.29, 0.717) is 6.08 Å². The van der Waals surface area contributed by atoms with Crippen LogP contribution in [0.15, 0.2) is 12.2 Å². The molecule has 2 atom stereocenters. The highest BCUT2D eigenvalue weighted by Crippen LogP contribution is 2.30. The SMILES string of the molecule is CC(CCC=CC(CF)C(F)(F)F)C(F)(F)F. The molecule has 102 valence electrons. The normalized spacial score (nSPS) is 17.4. The van der Waals surface area contributed by atoms with Crippen molar-refractivity contribution in [3.63, 3.8) is 0 Å². The van der Waals surface area contributed by atoms with Crippen LogP contribution in [0.4, 0.5) is 30.7 Å². The quantitative estimate of drug-likeness (QED) is 0.501. The minimum atomic E-state index is -4.69. The molecule has 0 spiro atoms. The molecule has 17 heavy (non-hydrogen) atoms. The summed E-state index contributed by atoms with van der Waals surface area (Å²) >= 11 is 0. The lowest BCUT2D eigenvalue weighted by atomic mass is 10.0. The fourth-order valence-electron chi connectivity index (χ4n) is 1.02.